The Bertz CT molecular complexity index is 433. The minimum absolute atomic E-state index is 0.193. The highest BCUT2D eigenvalue weighted by Crippen LogP contribution is 2.25. The van der Waals surface area contributed by atoms with Crippen LogP contribution >= 0.6 is 0 Å². The van der Waals surface area contributed by atoms with Gasteiger partial charge in [-0.05, 0) is 58.7 Å². The number of likely N-dealkylation sites (N-methyl/N-ethyl adjacent to an activating group) is 1. The van der Waals surface area contributed by atoms with Gasteiger partial charge in [0.15, 0.2) is 0 Å². The van der Waals surface area contributed by atoms with Gasteiger partial charge < -0.3 is 10.2 Å². The molecule has 0 aromatic heterocycles. The van der Waals surface area contributed by atoms with Crippen molar-refractivity contribution < 1.29 is 4.79 Å². The van der Waals surface area contributed by atoms with E-state index in [4.69, 9.17) is 0 Å². The molecule has 104 valence electrons. The zero-order chi connectivity index (χ0) is 13.9. The second-order valence-electron chi connectivity index (χ2n) is 5.60. The van der Waals surface area contributed by atoms with Crippen molar-refractivity contribution in [3.63, 3.8) is 0 Å². The van der Waals surface area contributed by atoms with Crippen molar-refractivity contribution in [1.82, 2.24) is 5.32 Å². The van der Waals surface area contributed by atoms with Crippen LogP contribution in [0.3, 0.4) is 0 Å². The lowest BCUT2D eigenvalue weighted by Gasteiger charge is -2.37. The third-order valence-corrected chi connectivity index (χ3v) is 4.00. The molecule has 1 saturated heterocycles. The minimum Gasteiger partial charge on any atom is -0.311 e. The SMILES string of the molecule is CCN(C(=O)C1(C)CCCCN1)c1ccc(C)cc1. The number of carbonyl (C=O) groups is 1. The van der Waals surface area contributed by atoms with E-state index in [1.807, 2.05) is 30.9 Å². The van der Waals surface area contributed by atoms with Crippen LogP contribution < -0.4 is 10.2 Å². The molecule has 1 fully saturated rings. The average molecular weight is 260 g/mol. The molecule has 1 amide bonds. The Balaban J connectivity index is 2.21. The van der Waals surface area contributed by atoms with Gasteiger partial charge in [0.1, 0.15) is 0 Å². The summed E-state index contributed by atoms with van der Waals surface area (Å²) in [7, 11) is 0. The molecule has 1 heterocycles. The molecule has 1 N–H and O–H groups in total. The molecule has 0 saturated carbocycles. The summed E-state index contributed by atoms with van der Waals surface area (Å²) in [4.78, 5) is 14.7. The first-order valence-corrected chi connectivity index (χ1v) is 7.20. The Morgan fingerprint density at radius 2 is 2.00 bits per heavy atom. The Morgan fingerprint density at radius 1 is 1.32 bits per heavy atom. The van der Waals surface area contributed by atoms with Crippen molar-refractivity contribution >= 4 is 11.6 Å². The number of aryl methyl sites for hydroxylation is 1. The van der Waals surface area contributed by atoms with Gasteiger partial charge >= 0.3 is 0 Å². The van der Waals surface area contributed by atoms with Gasteiger partial charge in [-0.3, -0.25) is 4.79 Å². The van der Waals surface area contributed by atoms with Gasteiger partial charge in [-0.25, -0.2) is 0 Å². The molecular formula is C16H24N2O. The lowest BCUT2D eigenvalue weighted by molar-refractivity contribution is -0.125. The van der Waals surface area contributed by atoms with Crippen LogP contribution in [0.15, 0.2) is 24.3 Å². The maximum atomic E-state index is 12.8. The summed E-state index contributed by atoms with van der Waals surface area (Å²) in [6.45, 7) is 7.77. The van der Waals surface area contributed by atoms with Crippen molar-refractivity contribution in [2.24, 2.45) is 0 Å². The van der Waals surface area contributed by atoms with Crippen molar-refractivity contribution in [3.05, 3.63) is 29.8 Å². The van der Waals surface area contributed by atoms with Crippen molar-refractivity contribution in [1.29, 1.82) is 0 Å². The van der Waals surface area contributed by atoms with Crippen molar-refractivity contribution in [2.75, 3.05) is 18.0 Å². The van der Waals surface area contributed by atoms with Crippen molar-refractivity contribution in [3.8, 4) is 0 Å². The molecule has 1 aliphatic rings. The average Bonchev–Trinajstić information content (AvgIpc) is 2.42. The Morgan fingerprint density at radius 3 is 2.53 bits per heavy atom. The topological polar surface area (TPSA) is 32.3 Å². The first-order valence-electron chi connectivity index (χ1n) is 7.20. The largest absolute Gasteiger partial charge is 0.311 e. The van der Waals surface area contributed by atoms with E-state index < -0.39 is 5.54 Å². The van der Waals surface area contributed by atoms with Gasteiger partial charge in [0.05, 0.1) is 5.54 Å². The molecule has 2 rings (SSSR count). The molecule has 3 heteroatoms. The van der Waals surface area contributed by atoms with Crippen LogP contribution in [-0.4, -0.2) is 24.5 Å². The molecule has 1 aliphatic heterocycles. The molecule has 1 aromatic carbocycles. The second kappa shape index (κ2) is 5.74. The number of hydrogen-bond acceptors (Lipinski definition) is 2. The zero-order valence-electron chi connectivity index (χ0n) is 12.2. The molecule has 3 nitrogen and oxygen atoms in total. The number of hydrogen-bond donors (Lipinski definition) is 1. The monoisotopic (exact) mass is 260 g/mol. The number of rotatable bonds is 3. The number of nitrogens with one attached hydrogen (secondary N) is 1. The van der Waals surface area contributed by atoms with Crippen LogP contribution in [0.2, 0.25) is 0 Å². The lowest BCUT2D eigenvalue weighted by atomic mass is 9.89. The molecule has 1 unspecified atom stereocenters. The minimum atomic E-state index is -0.404. The zero-order valence-corrected chi connectivity index (χ0v) is 12.2. The summed E-state index contributed by atoms with van der Waals surface area (Å²) in [6.07, 6.45) is 3.22. The highest BCUT2D eigenvalue weighted by molar-refractivity contribution is 6.00. The van der Waals surface area contributed by atoms with Gasteiger partial charge in [0, 0.05) is 12.2 Å². The fourth-order valence-electron chi connectivity index (χ4n) is 2.70. The van der Waals surface area contributed by atoms with Gasteiger partial charge in [0.25, 0.3) is 0 Å². The van der Waals surface area contributed by atoms with E-state index in [9.17, 15) is 4.79 Å². The fraction of sp³-hybridized carbons (Fsp3) is 0.562. The highest BCUT2D eigenvalue weighted by Gasteiger charge is 2.37. The summed E-state index contributed by atoms with van der Waals surface area (Å²) >= 11 is 0. The first kappa shape index (κ1) is 14.1. The molecule has 0 radical (unpaired) electrons. The van der Waals surface area contributed by atoms with Gasteiger partial charge in [-0.2, -0.15) is 0 Å². The number of anilines is 1. The highest BCUT2D eigenvalue weighted by atomic mass is 16.2. The molecule has 1 aromatic rings. The van der Waals surface area contributed by atoms with Crippen LogP contribution in [-0.2, 0) is 4.79 Å². The number of amides is 1. The normalized spacial score (nSPS) is 23.1. The molecule has 1 atom stereocenters. The number of carbonyl (C=O) groups excluding carboxylic acids is 1. The van der Waals surface area contributed by atoms with Gasteiger partial charge in [-0.15, -0.1) is 0 Å². The summed E-state index contributed by atoms with van der Waals surface area (Å²) < 4.78 is 0. The lowest BCUT2D eigenvalue weighted by Crippen LogP contribution is -2.58. The summed E-state index contributed by atoms with van der Waals surface area (Å²) in [5.74, 6) is 0.193. The fourth-order valence-corrected chi connectivity index (χ4v) is 2.70. The summed E-state index contributed by atoms with van der Waals surface area (Å²) in [6, 6.07) is 8.18. The van der Waals surface area contributed by atoms with Crippen LogP contribution in [0.4, 0.5) is 5.69 Å². The Hall–Kier alpha value is -1.35. The third-order valence-electron chi connectivity index (χ3n) is 4.00. The number of nitrogens with zero attached hydrogens (tertiary/aromatic N) is 1. The molecular weight excluding hydrogens is 236 g/mol. The van der Waals surface area contributed by atoms with E-state index in [2.05, 4.69) is 24.4 Å². The maximum Gasteiger partial charge on any atom is 0.246 e. The van der Waals surface area contributed by atoms with E-state index in [1.165, 1.54) is 12.0 Å². The third kappa shape index (κ3) is 2.98. The molecule has 19 heavy (non-hydrogen) atoms. The standard InChI is InChI=1S/C16H24N2O/c1-4-18(14-9-7-13(2)8-10-14)15(19)16(3)11-5-6-12-17-16/h7-10,17H,4-6,11-12H2,1-3H3. The maximum absolute atomic E-state index is 12.8. The van der Waals surface area contributed by atoms with E-state index in [0.717, 1.165) is 25.1 Å². The van der Waals surface area contributed by atoms with Crippen LogP contribution in [0.1, 0.15) is 38.7 Å². The van der Waals surface area contributed by atoms with Gasteiger partial charge in [0.2, 0.25) is 5.91 Å². The molecule has 0 bridgehead atoms. The van der Waals surface area contributed by atoms with E-state index in [-0.39, 0.29) is 5.91 Å². The number of piperidine rings is 1. The Labute approximate surface area is 116 Å². The summed E-state index contributed by atoms with van der Waals surface area (Å²) in [5.41, 5.74) is 1.81. The van der Waals surface area contributed by atoms with Gasteiger partial charge in [-0.1, -0.05) is 17.7 Å². The van der Waals surface area contributed by atoms with Crippen LogP contribution in [0, 0.1) is 6.92 Å². The predicted octanol–water partition coefficient (Wildman–Crippen LogP) is 2.88. The second-order valence-corrected chi connectivity index (χ2v) is 5.60. The number of benzene rings is 1. The van der Waals surface area contributed by atoms with Crippen molar-refractivity contribution in [2.45, 2.75) is 45.6 Å². The van der Waals surface area contributed by atoms with Crippen LogP contribution in [0.25, 0.3) is 0 Å². The molecule has 0 aliphatic carbocycles. The van der Waals surface area contributed by atoms with Crippen LogP contribution in [0.5, 0.6) is 0 Å². The quantitative estimate of drug-likeness (QED) is 0.906. The smallest absolute Gasteiger partial charge is 0.246 e. The Kier molecular flexibility index (Phi) is 4.25. The van der Waals surface area contributed by atoms with E-state index in [0.29, 0.717) is 6.54 Å². The molecule has 0 spiro atoms. The first-order chi connectivity index (χ1) is 9.07. The van der Waals surface area contributed by atoms with E-state index >= 15 is 0 Å². The summed E-state index contributed by atoms with van der Waals surface area (Å²) in [5, 5.41) is 3.40. The predicted molar refractivity (Wildman–Crippen MR) is 79.5 cm³/mol. The van der Waals surface area contributed by atoms with E-state index in [1.54, 1.807) is 0 Å².